The third-order valence-corrected chi connectivity index (χ3v) is 4.43. The monoisotopic (exact) mass is 310 g/mol. The lowest BCUT2D eigenvalue weighted by molar-refractivity contribution is -0.120. The van der Waals surface area contributed by atoms with Crippen molar-refractivity contribution in [3.05, 3.63) is 59.2 Å². The van der Waals surface area contributed by atoms with Gasteiger partial charge in [0, 0.05) is 37.2 Å². The average Bonchev–Trinajstić information content (AvgIpc) is 3.07. The number of anilines is 1. The van der Waals surface area contributed by atoms with E-state index in [1.807, 2.05) is 24.3 Å². The molecule has 0 radical (unpaired) electrons. The van der Waals surface area contributed by atoms with Gasteiger partial charge in [-0.1, -0.05) is 30.3 Å². The van der Waals surface area contributed by atoms with E-state index in [1.165, 1.54) is 11.3 Å². The standard InChI is InChI=1S/C19H22N2O2/c1-20-19(22)12-16(15-5-3-4-6-18(15)23-2)14-8-7-13-9-10-21-17(13)11-14/h3-8,11,16,21H,9-10,12H2,1-2H3,(H,20,22). The average molecular weight is 310 g/mol. The van der Waals surface area contributed by atoms with Crippen LogP contribution in [0.2, 0.25) is 0 Å². The maximum atomic E-state index is 12.0. The van der Waals surface area contributed by atoms with Crippen molar-refractivity contribution in [2.24, 2.45) is 0 Å². The Kier molecular flexibility index (Phi) is 4.51. The van der Waals surface area contributed by atoms with E-state index in [0.29, 0.717) is 6.42 Å². The molecule has 0 bridgehead atoms. The van der Waals surface area contributed by atoms with Gasteiger partial charge in [-0.2, -0.15) is 0 Å². The first kappa shape index (κ1) is 15.4. The van der Waals surface area contributed by atoms with Crippen molar-refractivity contribution in [2.45, 2.75) is 18.8 Å². The summed E-state index contributed by atoms with van der Waals surface area (Å²) in [7, 11) is 3.34. The van der Waals surface area contributed by atoms with Crippen LogP contribution in [0, 0.1) is 0 Å². The summed E-state index contributed by atoms with van der Waals surface area (Å²) >= 11 is 0. The highest BCUT2D eigenvalue weighted by atomic mass is 16.5. The fourth-order valence-corrected chi connectivity index (χ4v) is 3.17. The third kappa shape index (κ3) is 3.16. The van der Waals surface area contributed by atoms with Crippen molar-refractivity contribution >= 4 is 11.6 Å². The summed E-state index contributed by atoms with van der Waals surface area (Å²) in [6.45, 7) is 0.980. The second-order valence-electron chi connectivity index (χ2n) is 5.77. The molecule has 0 aromatic heterocycles. The molecule has 2 aromatic rings. The van der Waals surface area contributed by atoms with Gasteiger partial charge in [-0.15, -0.1) is 0 Å². The molecule has 1 aliphatic heterocycles. The number of benzene rings is 2. The van der Waals surface area contributed by atoms with E-state index < -0.39 is 0 Å². The summed E-state index contributed by atoms with van der Waals surface area (Å²) < 4.78 is 5.51. The Labute approximate surface area is 136 Å². The molecule has 4 heteroatoms. The van der Waals surface area contributed by atoms with Gasteiger partial charge in [0.1, 0.15) is 5.75 Å². The summed E-state index contributed by atoms with van der Waals surface area (Å²) in [6, 6.07) is 14.4. The molecule has 3 rings (SSSR count). The zero-order valence-electron chi connectivity index (χ0n) is 13.6. The number of amides is 1. The molecule has 0 fully saturated rings. The number of nitrogens with one attached hydrogen (secondary N) is 2. The number of methoxy groups -OCH3 is 1. The van der Waals surface area contributed by atoms with Gasteiger partial charge in [-0.05, 0) is 29.7 Å². The molecule has 0 saturated carbocycles. The highest BCUT2D eigenvalue weighted by Crippen LogP contribution is 2.36. The van der Waals surface area contributed by atoms with Gasteiger partial charge in [0.25, 0.3) is 0 Å². The van der Waals surface area contributed by atoms with Gasteiger partial charge in [0.2, 0.25) is 5.91 Å². The van der Waals surface area contributed by atoms with Crippen LogP contribution in [-0.2, 0) is 11.2 Å². The molecule has 1 amide bonds. The van der Waals surface area contributed by atoms with Gasteiger partial charge >= 0.3 is 0 Å². The Morgan fingerprint density at radius 1 is 1.30 bits per heavy atom. The molecular weight excluding hydrogens is 288 g/mol. The van der Waals surface area contributed by atoms with Crippen molar-refractivity contribution in [3.8, 4) is 5.75 Å². The van der Waals surface area contributed by atoms with Gasteiger partial charge < -0.3 is 15.4 Å². The maximum Gasteiger partial charge on any atom is 0.220 e. The van der Waals surface area contributed by atoms with Crippen LogP contribution in [0.25, 0.3) is 0 Å². The van der Waals surface area contributed by atoms with Crippen LogP contribution in [0.1, 0.15) is 29.0 Å². The highest BCUT2D eigenvalue weighted by Gasteiger charge is 2.22. The summed E-state index contributed by atoms with van der Waals surface area (Å²) in [4.78, 5) is 12.0. The van der Waals surface area contributed by atoms with Gasteiger partial charge in [-0.3, -0.25) is 4.79 Å². The van der Waals surface area contributed by atoms with Crippen LogP contribution < -0.4 is 15.4 Å². The summed E-state index contributed by atoms with van der Waals surface area (Å²) in [5.74, 6) is 0.808. The molecule has 23 heavy (non-hydrogen) atoms. The summed E-state index contributed by atoms with van der Waals surface area (Å²) in [5.41, 5.74) is 4.69. The second-order valence-corrected chi connectivity index (χ2v) is 5.77. The number of ether oxygens (including phenoxy) is 1. The smallest absolute Gasteiger partial charge is 0.220 e. The number of rotatable bonds is 5. The number of para-hydroxylation sites is 1. The minimum Gasteiger partial charge on any atom is -0.496 e. The Bertz CT molecular complexity index is 712. The van der Waals surface area contributed by atoms with Crippen molar-refractivity contribution in [1.82, 2.24) is 5.32 Å². The molecule has 2 aromatic carbocycles. The van der Waals surface area contributed by atoms with E-state index in [1.54, 1.807) is 14.2 Å². The topological polar surface area (TPSA) is 50.4 Å². The first-order valence-electron chi connectivity index (χ1n) is 7.93. The van der Waals surface area contributed by atoms with Gasteiger partial charge in [-0.25, -0.2) is 0 Å². The van der Waals surface area contributed by atoms with Gasteiger partial charge in [0.15, 0.2) is 0 Å². The molecule has 0 saturated heterocycles. The molecule has 120 valence electrons. The minimum absolute atomic E-state index is 0.0226. The first-order chi connectivity index (χ1) is 11.2. The zero-order valence-corrected chi connectivity index (χ0v) is 13.6. The number of carbonyl (C=O) groups excluding carboxylic acids is 1. The predicted molar refractivity (Wildman–Crippen MR) is 92.2 cm³/mol. The van der Waals surface area contributed by atoms with Crippen LogP contribution >= 0.6 is 0 Å². The van der Waals surface area contributed by atoms with E-state index in [-0.39, 0.29) is 11.8 Å². The maximum absolute atomic E-state index is 12.0. The van der Waals surface area contributed by atoms with E-state index in [9.17, 15) is 4.79 Å². The molecular formula is C19H22N2O2. The number of fused-ring (bicyclic) bond motifs is 1. The fourth-order valence-electron chi connectivity index (χ4n) is 3.17. The Hall–Kier alpha value is -2.49. The third-order valence-electron chi connectivity index (χ3n) is 4.43. The van der Waals surface area contributed by atoms with E-state index in [4.69, 9.17) is 4.74 Å². The van der Waals surface area contributed by atoms with Crippen LogP contribution in [0.5, 0.6) is 5.75 Å². The molecule has 1 atom stereocenters. The second kappa shape index (κ2) is 6.73. The first-order valence-corrected chi connectivity index (χ1v) is 7.93. The highest BCUT2D eigenvalue weighted by molar-refractivity contribution is 5.77. The van der Waals surface area contributed by atoms with Crippen molar-refractivity contribution in [2.75, 3.05) is 26.0 Å². The van der Waals surface area contributed by atoms with E-state index in [0.717, 1.165) is 29.8 Å². The van der Waals surface area contributed by atoms with Crippen LogP contribution in [0.4, 0.5) is 5.69 Å². The Morgan fingerprint density at radius 3 is 2.91 bits per heavy atom. The largest absolute Gasteiger partial charge is 0.496 e. The Balaban J connectivity index is 2.03. The van der Waals surface area contributed by atoms with Crippen LogP contribution in [-0.4, -0.2) is 26.6 Å². The molecule has 0 spiro atoms. The van der Waals surface area contributed by atoms with E-state index in [2.05, 4.69) is 28.8 Å². The lowest BCUT2D eigenvalue weighted by Gasteiger charge is -2.20. The molecule has 1 aliphatic rings. The number of hydrogen-bond donors (Lipinski definition) is 2. The van der Waals surface area contributed by atoms with Gasteiger partial charge in [0.05, 0.1) is 7.11 Å². The predicted octanol–water partition coefficient (Wildman–Crippen LogP) is 2.93. The zero-order chi connectivity index (χ0) is 16.2. The van der Waals surface area contributed by atoms with Crippen LogP contribution in [0.15, 0.2) is 42.5 Å². The molecule has 1 heterocycles. The summed E-state index contributed by atoms with van der Waals surface area (Å²) in [6.07, 6.45) is 1.46. The normalized spacial score (nSPS) is 13.8. The molecule has 4 nitrogen and oxygen atoms in total. The lowest BCUT2D eigenvalue weighted by Crippen LogP contribution is -2.21. The van der Waals surface area contributed by atoms with E-state index >= 15 is 0 Å². The Morgan fingerprint density at radius 2 is 2.13 bits per heavy atom. The molecule has 2 N–H and O–H groups in total. The van der Waals surface area contributed by atoms with Crippen molar-refractivity contribution in [1.29, 1.82) is 0 Å². The quantitative estimate of drug-likeness (QED) is 0.893. The van der Waals surface area contributed by atoms with Crippen molar-refractivity contribution in [3.63, 3.8) is 0 Å². The minimum atomic E-state index is -0.0289. The SMILES string of the molecule is CNC(=O)CC(c1ccc2c(c1)NCC2)c1ccccc1OC. The molecule has 1 unspecified atom stereocenters. The summed E-state index contributed by atoms with van der Waals surface area (Å²) in [5, 5.41) is 6.14. The lowest BCUT2D eigenvalue weighted by atomic mass is 9.87. The number of hydrogen-bond acceptors (Lipinski definition) is 3. The van der Waals surface area contributed by atoms with Crippen molar-refractivity contribution < 1.29 is 9.53 Å². The molecule has 0 aliphatic carbocycles. The van der Waals surface area contributed by atoms with Crippen LogP contribution in [0.3, 0.4) is 0 Å². The number of carbonyl (C=O) groups is 1. The fraction of sp³-hybridized carbons (Fsp3) is 0.316.